The maximum Gasteiger partial charge on any atom is 0.326 e. The summed E-state index contributed by atoms with van der Waals surface area (Å²) >= 11 is 4.40. The molecule has 0 radical (unpaired) electrons. The van der Waals surface area contributed by atoms with Crippen molar-refractivity contribution >= 4 is 49.4 Å². The largest absolute Gasteiger partial charge is 0.493 e. The number of amides is 1. The number of esters is 1. The number of aromatic nitrogens is 1. The first-order chi connectivity index (χ1) is 13.5. The van der Waals surface area contributed by atoms with Crippen LogP contribution in [0.25, 0.3) is 10.2 Å². The molecule has 148 valence electrons. The topological polar surface area (TPSA) is 92.3 Å². The number of benzene rings is 1. The molecule has 0 fully saturated rings. The van der Waals surface area contributed by atoms with Gasteiger partial charge in [0.25, 0.3) is 0 Å². The van der Waals surface area contributed by atoms with Crippen molar-refractivity contribution in [1.82, 2.24) is 4.57 Å². The predicted molar refractivity (Wildman–Crippen MR) is 106 cm³/mol. The quantitative estimate of drug-likeness (QED) is 0.514. The van der Waals surface area contributed by atoms with Gasteiger partial charge in [-0.1, -0.05) is 11.3 Å². The fourth-order valence-electron chi connectivity index (χ4n) is 2.54. The van der Waals surface area contributed by atoms with Crippen LogP contribution in [0.15, 0.2) is 38.3 Å². The van der Waals surface area contributed by atoms with E-state index in [9.17, 15) is 9.59 Å². The SMILES string of the molecule is CCOC(=O)Cn1c(=NC(=O)c2ccc(Br)o2)sc2cc(OC)c(OC)cc21. The zero-order chi connectivity index (χ0) is 20.3. The lowest BCUT2D eigenvalue weighted by molar-refractivity contribution is -0.143. The van der Waals surface area contributed by atoms with E-state index in [1.807, 2.05) is 0 Å². The Balaban J connectivity index is 2.17. The highest BCUT2D eigenvalue weighted by molar-refractivity contribution is 9.10. The third-order valence-electron chi connectivity index (χ3n) is 3.76. The van der Waals surface area contributed by atoms with E-state index in [1.54, 1.807) is 29.7 Å². The highest BCUT2D eigenvalue weighted by Crippen LogP contribution is 2.33. The third kappa shape index (κ3) is 4.12. The number of rotatable bonds is 6. The predicted octanol–water partition coefficient (Wildman–Crippen LogP) is 3.38. The van der Waals surface area contributed by atoms with Crippen LogP contribution in [0.3, 0.4) is 0 Å². The van der Waals surface area contributed by atoms with E-state index in [0.29, 0.717) is 26.5 Å². The standard InChI is InChI=1S/C18H17BrN2O6S/c1-4-26-16(22)9-21-10-7-12(24-2)13(25-3)8-14(10)28-18(21)20-17(23)11-5-6-15(19)27-11/h5-8H,4,9H2,1-3H3. The van der Waals surface area contributed by atoms with Crippen LogP contribution in [0, 0.1) is 0 Å². The molecule has 28 heavy (non-hydrogen) atoms. The Hall–Kier alpha value is -2.59. The molecule has 0 aliphatic heterocycles. The lowest BCUT2D eigenvalue weighted by Gasteiger charge is -2.09. The van der Waals surface area contributed by atoms with Crippen molar-refractivity contribution < 1.29 is 28.2 Å². The number of hydrogen-bond acceptors (Lipinski definition) is 7. The van der Waals surface area contributed by atoms with Gasteiger partial charge in [0.1, 0.15) is 6.54 Å². The van der Waals surface area contributed by atoms with E-state index >= 15 is 0 Å². The molecule has 0 aliphatic carbocycles. The Morgan fingerprint density at radius 1 is 1.21 bits per heavy atom. The van der Waals surface area contributed by atoms with Gasteiger partial charge >= 0.3 is 11.9 Å². The number of furan rings is 1. The molecule has 0 saturated carbocycles. The number of nitrogens with zero attached hydrogens (tertiary/aromatic N) is 2. The summed E-state index contributed by atoms with van der Waals surface area (Å²) in [7, 11) is 3.06. The molecule has 0 atom stereocenters. The number of carbonyl (C=O) groups excluding carboxylic acids is 2. The van der Waals surface area contributed by atoms with E-state index in [1.165, 1.54) is 31.6 Å². The van der Waals surface area contributed by atoms with Crippen molar-refractivity contribution in [3.63, 3.8) is 0 Å². The minimum Gasteiger partial charge on any atom is -0.493 e. The number of fused-ring (bicyclic) bond motifs is 1. The van der Waals surface area contributed by atoms with Gasteiger partial charge in [-0.2, -0.15) is 4.99 Å². The summed E-state index contributed by atoms with van der Waals surface area (Å²) in [6.45, 7) is 1.88. The molecule has 3 aromatic rings. The molecular weight excluding hydrogens is 452 g/mol. The number of methoxy groups -OCH3 is 2. The average molecular weight is 469 g/mol. The molecule has 1 aromatic carbocycles. The Morgan fingerprint density at radius 3 is 2.54 bits per heavy atom. The Morgan fingerprint density at radius 2 is 1.93 bits per heavy atom. The second-order valence-electron chi connectivity index (χ2n) is 5.47. The number of hydrogen-bond donors (Lipinski definition) is 0. The van der Waals surface area contributed by atoms with Gasteiger partial charge in [-0.15, -0.1) is 0 Å². The van der Waals surface area contributed by atoms with Crippen molar-refractivity contribution in [2.24, 2.45) is 4.99 Å². The first-order valence-corrected chi connectivity index (χ1v) is 9.83. The van der Waals surface area contributed by atoms with Gasteiger partial charge in [0.05, 0.1) is 31.0 Å². The highest BCUT2D eigenvalue weighted by atomic mass is 79.9. The Bertz CT molecular complexity index is 1100. The van der Waals surface area contributed by atoms with E-state index < -0.39 is 11.9 Å². The summed E-state index contributed by atoms with van der Waals surface area (Å²) in [6, 6.07) is 6.63. The summed E-state index contributed by atoms with van der Waals surface area (Å²) in [6.07, 6.45) is 0. The fourth-order valence-corrected chi connectivity index (χ4v) is 3.89. The van der Waals surface area contributed by atoms with Crippen LogP contribution in [0.1, 0.15) is 17.5 Å². The molecule has 2 aromatic heterocycles. The van der Waals surface area contributed by atoms with Crippen LogP contribution in [0.4, 0.5) is 0 Å². The van der Waals surface area contributed by atoms with Gasteiger partial charge in [-0.05, 0) is 35.0 Å². The summed E-state index contributed by atoms with van der Waals surface area (Å²) < 4.78 is 23.8. The average Bonchev–Trinajstić information content (AvgIpc) is 3.24. The van der Waals surface area contributed by atoms with Crippen LogP contribution in [-0.4, -0.2) is 37.3 Å². The van der Waals surface area contributed by atoms with E-state index in [-0.39, 0.29) is 18.9 Å². The second kappa shape index (κ2) is 8.61. The smallest absolute Gasteiger partial charge is 0.326 e. The fraction of sp³-hybridized carbons (Fsp3) is 0.278. The molecule has 0 saturated heterocycles. The third-order valence-corrected chi connectivity index (χ3v) is 5.23. The molecule has 3 rings (SSSR count). The second-order valence-corrected chi connectivity index (χ2v) is 7.26. The summed E-state index contributed by atoms with van der Waals surface area (Å²) in [5, 5.41) is 0. The van der Waals surface area contributed by atoms with Crippen LogP contribution >= 0.6 is 27.3 Å². The summed E-state index contributed by atoms with van der Waals surface area (Å²) in [5.74, 6) is 0.119. The number of halogens is 1. The molecule has 0 bridgehead atoms. The highest BCUT2D eigenvalue weighted by Gasteiger charge is 2.17. The first kappa shape index (κ1) is 20.2. The molecule has 8 nitrogen and oxygen atoms in total. The van der Waals surface area contributed by atoms with Gasteiger partial charge in [-0.25, -0.2) is 0 Å². The normalized spacial score (nSPS) is 11.6. The van der Waals surface area contributed by atoms with Gasteiger partial charge < -0.3 is 23.2 Å². The van der Waals surface area contributed by atoms with Crippen molar-refractivity contribution in [3.8, 4) is 11.5 Å². The minimum atomic E-state index is -0.561. The van der Waals surface area contributed by atoms with Gasteiger partial charge in [0.15, 0.2) is 26.7 Å². The van der Waals surface area contributed by atoms with Gasteiger partial charge in [0, 0.05) is 12.1 Å². The summed E-state index contributed by atoms with van der Waals surface area (Å²) in [4.78, 5) is 29.0. The van der Waals surface area contributed by atoms with E-state index in [4.69, 9.17) is 18.6 Å². The first-order valence-electron chi connectivity index (χ1n) is 8.22. The molecule has 0 unspecified atom stereocenters. The summed E-state index contributed by atoms with van der Waals surface area (Å²) in [5.41, 5.74) is 0.669. The van der Waals surface area contributed by atoms with Crippen molar-refractivity contribution in [2.75, 3.05) is 20.8 Å². The number of thiazole rings is 1. The lowest BCUT2D eigenvalue weighted by atomic mass is 10.3. The maximum absolute atomic E-state index is 12.5. The van der Waals surface area contributed by atoms with E-state index in [0.717, 1.165) is 4.70 Å². The zero-order valence-electron chi connectivity index (χ0n) is 15.4. The van der Waals surface area contributed by atoms with Gasteiger partial charge in [-0.3, -0.25) is 9.59 Å². The molecule has 10 heteroatoms. The molecule has 0 spiro atoms. The van der Waals surface area contributed by atoms with Crippen molar-refractivity contribution in [1.29, 1.82) is 0 Å². The zero-order valence-corrected chi connectivity index (χ0v) is 17.8. The van der Waals surface area contributed by atoms with Crippen LogP contribution in [-0.2, 0) is 16.1 Å². The van der Waals surface area contributed by atoms with Crippen molar-refractivity contribution in [3.05, 3.63) is 39.5 Å². The monoisotopic (exact) mass is 468 g/mol. The maximum atomic E-state index is 12.5. The van der Waals surface area contributed by atoms with Crippen LogP contribution in [0.2, 0.25) is 0 Å². The van der Waals surface area contributed by atoms with E-state index in [2.05, 4.69) is 20.9 Å². The Labute approximate surface area is 172 Å². The van der Waals surface area contributed by atoms with Crippen LogP contribution < -0.4 is 14.3 Å². The Kier molecular flexibility index (Phi) is 6.20. The molecule has 2 heterocycles. The van der Waals surface area contributed by atoms with Gasteiger partial charge in [0.2, 0.25) is 0 Å². The van der Waals surface area contributed by atoms with Crippen LogP contribution in [0.5, 0.6) is 11.5 Å². The minimum absolute atomic E-state index is 0.0853. The molecule has 0 N–H and O–H groups in total. The molecule has 0 aliphatic rings. The molecule has 1 amide bonds. The number of carbonyl (C=O) groups is 2. The number of ether oxygens (including phenoxy) is 3. The van der Waals surface area contributed by atoms with Crippen molar-refractivity contribution in [2.45, 2.75) is 13.5 Å². The molecular formula is C18H17BrN2O6S. The lowest BCUT2D eigenvalue weighted by Crippen LogP contribution is -2.23.